The summed E-state index contributed by atoms with van der Waals surface area (Å²) in [5, 5.41) is 3.29. The maximum absolute atomic E-state index is 12.5. The van der Waals surface area contributed by atoms with Crippen LogP contribution in [0, 0.1) is 12.8 Å². The predicted octanol–water partition coefficient (Wildman–Crippen LogP) is 2.42. The van der Waals surface area contributed by atoms with Gasteiger partial charge in [0.05, 0.1) is 0 Å². The molecule has 0 bridgehead atoms. The lowest BCUT2D eigenvalue weighted by atomic mass is 9.94. The number of likely N-dealkylation sites (tertiary alicyclic amines) is 1. The molecule has 1 aromatic carbocycles. The smallest absolute Gasteiger partial charge is 0.223 e. The lowest BCUT2D eigenvalue weighted by molar-refractivity contribution is -0.126. The zero-order chi connectivity index (χ0) is 16.2. The second-order valence-corrected chi connectivity index (χ2v) is 7.18. The molecule has 0 spiro atoms. The van der Waals surface area contributed by atoms with Crippen molar-refractivity contribution in [3.63, 3.8) is 0 Å². The van der Waals surface area contributed by atoms with Gasteiger partial charge in [-0.1, -0.05) is 17.7 Å². The van der Waals surface area contributed by atoms with Crippen LogP contribution in [0.3, 0.4) is 0 Å². The second kappa shape index (κ2) is 7.35. The van der Waals surface area contributed by atoms with Crippen molar-refractivity contribution in [2.45, 2.75) is 38.6 Å². The number of rotatable bonds is 3. The lowest BCUT2D eigenvalue weighted by Gasteiger charge is -2.35. The van der Waals surface area contributed by atoms with Crippen molar-refractivity contribution in [1.82, 2.24) is 10.2 Å². The van der Waals surface area contributed by atoms with Gasteiger partial charge in [-0.3, -0.25) is 4.79 Å². The molecule has 1 amide bonds. The van der Waals surface area contributed by atoms with E-state index in [1.165, 1.54) is 11.3 Å². The molecule has 4 nitrogen and oxygen atoms in total. The van der Waals surface area contributed by atoms with Gasteiger partial charge in [0.1, 0.15) is 0 Å². The van der Waals surface area contributed by atoms with Gasteiger partial charge >= 0.3 is 0 Å². The molecule has 4 heteroatoms. The molecule has 23 heavy (non-hydrogen) atoms. The number of piperidine rings is 2. The largest absolute Gasteiger partial charge is 0.371 e. The monoisotopic (exact) mass is 315 g/mol. The van der Waals surface area contributed by atoms with Crippen LogP contribution in [0.1, 0.15) is 31.2 Å². The summed E-state index contributed by atoms with van der Waals surface area (Å²) in [6.45, 7) is 6.26. The molecular formula is C19H29N3O. The van der Waals surface area contributed by atoms with E-state index in [2.05, 4.69) is 53.4 Å². The van der Waals surface area contributed by atoms with Crippen LogP contribution in [-0.2, 0) is 4.79 Å². The number of nitrogens with one attached hydrogen (secondary N) is 1. The minimum absolute atomic E-state index is 0.191. The van der Waals surface area contributed by atoms with Gasteiger partial charge in [0.25, 0.3) is 0 Å². The van der Waals surface area contributed by atoms with Gasteiger partial charge in [-0.2, -0.15) is 0 Å². The number of amides is 1. The van der Waals surface area contributed by atoms with Crippen LogP contribution < -0.4 is 10.2 Å². The second-order valence-electron chi connectivity index (χ2n) is 7.18. The Balaban J connectivity index is 1.46. The standard InChI is InChI=1S/C19H29N3O/c1-15-3-5-18(6-4-15)22-13-7-16(8-14-22)19(23)20-17-9-11-21(2)12-10-17/h3-6,16-17H,7-14H2,1-2H3,(H,20,23). The van der Waals surface area contributed by atoms with Crippen molar-refractivity contribution >= 4 is 11.6 Å². The first-order chi connectivity index (χ1) is 11.1. The van der Waals surface area contributed by atoms with E-state index in [4.69, 9.17) is 0 Å². The number of aryl methyl sites for hydroxylation is 1. The van der Waals surface area contributed by atoms with E-state index in [-0.39, 0.29) is 11.8 Å². The number of benzene rings is 1. The highest BCUT2D eigenvalue weighted by molar-refractivity contribution is 5.79. The first-order valence-corrected chi connectivity index (χ1v) is 8.92. The van der Waals surface area contributed by atoms with E-state index in [1.807, 2.05) is 0 Å². The fraction of sp³-hybridized carbons (Fsp3) is 0.632. The molecule has 2 aliphatic heterocycles. The molecule has 2 aliphatic rings. The van der Waals surface area contributed by atoms with Crippen molar-refractivity contribution in [3.05, 3.63) is 29.8 Å². The molecule has 0 radical (unpaired) electrons. The van der Waals surface area contributed by atoms with Gasteiger partial charge in [0, 0.05) is 30.7 Å². The Morgan fingerprint density at radius 1 is 1.00 bits per heavy atom. The Morgan fingerprint density at radius 2 is 1.61 bits per heavy atom. The number of carbonyl (C=O) groups is 1. The zero-order valence-corrected chi connectivity index (χ0v) is 14.4. The van der Waals surface area contributed by atoms with Gasteiger partial charge < -0.3 is 15.1 Å². The van der Waals surface area contributed by atoms with Crippen LogP contribution in [0.4, 0.5) is 5.69 Å². The summed E-state index contributed by atoms with van der Waals surface area (Å²) in [6.07, 6.45) is 4.10. The van der Waals surface area contributed by atoms with Crippen molar-refractivity contribution < 1.29 is 4.79 Å². The molecule has 1 N–H and O–H groups in total. The van der Waals surface area contributed by atoms with Crippen LogP contribution in [0.15, 0.2) is 24.3 Å². The number of hydrogen-bond acceptors (Lipinski definition) is 3. The van der Waals surface area contributed by atoms with Crippen LogP contribution in [-0.4, -0.2) is 50.1 Å². The molecule has 0 unspecified atom stereocenters. The highest BCUT2D eigenvalue weighted by Gasteiger charge is 2.27. The zero-order valence-electron chi connectivity index (χ0n) is 14.4. The van der Waals surface area contributed by atoms with Crippen LogP contribution in [0.25, 0.3) is 0 Å². The van der Waals surface area contributed by atoms with E-state index in [1.54, 1.807) is 0 Å². The molecular weight excluding hydrogens is 286 g/mol. The summed E-state index contributed by atoms with van der Waals surface area (Å²) in [7, 11) is 2.15. The third kappa shape index (κ3) is 4.25. The Morgan fingerprint density at radius 3 is 2.22 bits per heavy atom. The summed E-state index contributed by atoms with van der Waals surface area (Å²) in [5.74, 6) is 0.472. The van der Waals surface area contributed by atoms with Crippen LogP contribution in [0.2, 0.25) is 0 Å². The number of anilines is 1. The minimum atomic E-state index is 0.191. The fourth-order valence-corrected chi connectivity index (χ4v) is 3.63. The lowest BCUT2D eigenvalue weighted by Crippen LogP contribution is -2.47. The molecule has 0 aromatic heterocycles. The Bertz CT molecular complexity index is 512. The maximum atomic E-state index is 12.5. The molecule has 0 saturated carbocycles. The van der Waals surface area contributed by atoms with Gasteiger partial charge in [0.2, 0.25) is 5.91 Å². The first-order valence-electron chi connectivity index (χ1n) is 8.92. The molecule has 1 aromatic rings. The van der Waals surface area contributed by atoms with E-state index in [0.29, 0.717) is 6.04 Å². The third-order valence-electron chi connectivity index (χ3n) is 5.33. The van der Waals surface area contributed by atoms with E-state index in [0.717, 1.165) is 51.9 Å². The van der Waals surface area contributed by atoms with Crippen molar-refractivity contribution in [3.8, 4) is 0 Å². The quantitative estimate of drug-likeness (QED) is 0.930. The maximum Gasteiger partial charge on any atom is 0.223 e. The van der Waals surface area contributed by atoms with Crippen molar-refractivity contribution in [2.75, 3.05) is 38.1 Å². The molecule has 126 valence electrons. The first kappa shape index (κ1) is 16.3. The molecule has 2 saturated heterocycles. The van der Waals surface area contributed by atoms with E-state index < -0.39 is 0 Å². The summed E-state index contributed by atoms with van der Waals surface area (Å²) in [4.78, 5) is 17.2. The molecule has 0 aliphatic carbocycles. The van der Waals surface area contributed by atoms with Crippen molar-refractivity contribution in [2.24, 2.45) is 5.92 Å². The predicted molar refractivity (Wildman–Crippen MR) is 94.8 cm³/mol. The summed E-state index contributed by atoms with van der Waals surface area (Å²) >= 11 is 0. The average molecular weight is 315 g/mol. The van der Waals surface area contributed by atoms with E-state index in [9.17, 15) is 4.79 Å². The average Bonchev–Trinajstić information content (AvgIpc) is 2.58. The SMILES string of the molecule is Cc1ccc(N2CCC(C(=O)NC3CCN(C)CC3)CC2)cc1. The molecule has 2 heterocycles. The highest BCUT2D eigenvalue weighted by atomic mass is 16.1. The van der Waals surface area contributed by atoms with Crippen LogP contribution in [0.5, 0.6) is 0 Å². The Kier molecular flexibility index (Phi) is 5.21. The summed E-state index contributed by atoms with van der Waals surface area (Å²) < 4.78 is 0. The Hall–Kier alpha value is -1.55. The van der Waals surface area contributed by atoms with Gasteiger partial charge in [-0.25, -0.2) is 0 Å². The molecule has 3 rings (SSSR count). The van der Waals surface area contributed by atoms with Gasteiger partial charge in [-0.05, 0) is 64.9 Å². The fourth-order valence-electron chi connectivity index (χ4n) is 3.63. The Labute approximate surface area is 139 Å². The van der Waals surface area contributed by atoms with Gasteiger partial charge in [-0.15, -0.1) is 0 Å². The highest BCUT2D eigenvalue weighted by Crippen LogP contribution is 2.24. The summed E-state index contributed by atoms with van der Waals surface area (Å²) in [5.41, 5.74) is 2.57. The van der Waals surface area contributed by atoms with E-state index >= 15 is 0 Å². The molecule has 0 atom stereocenters. The van der Waals surface area contributed by atoms with Gasteiger partial charge in [0.15, 0.2) is 0 Å². The number of nitrogens with zero attached hydrogens (tertiary/aromatic N) is 2. The molecule has 2 fully saturated rings. The number of hydrogen-bond donors (Lipinski definition) is 1. The minimum Gasteiger partial charge on any atom is -0.371 e. The third-order valence-corrected chi connectivity index (χ3v) is 5.33. The summed E-state index contributed by atoms with van der Waals surface area (Å²) in [6, 6.07) is 9.08. The van der Waals surface area contributed by atoms with Crippen molar-refractivity contribution in [1.29, 1.82) is 0 Å². The normalized spacial score (nSPS) is 21.4. The topological polar surface area (TPSA) is 35.6 Å². The van der Waals surface area contributed by atoms with Crippen LogP contribution >= 0.6 is 0 Å². The number of carbonyl (C=O) groups excluding carboxylic acids is 1.